The summed E-state index contributed by atoms with van der Waals surface area (Å²) in [6.07, 6.45) is 6.49. The summed E-state index contributed by atoms with van der Waals surface area (Å²) in [5.74, 6) is -0.210. The van der Waals surface area contributed by atoms with E-state index in [0.717, 1.165) is 24.1 Å². The second-order valence-electron chi connectivity index (χ2n) is 6.82. The smallest absolute Gasteiger partial charge is 0.248 e. The minimum absolute atomic E-state index is 0.210. The van der Waals surface area contributed by atoms with Crippen molar-refractivity contribution in [3.8, 4) is 0 Å². The lowest BCUT2D eigenvalue weighted by atomic mass is 10.1. The summed E-state index contributed by atoms with van der Waals surface area (Å²) in [5, 5.41) is 2.88. The van der Waals surface area contributed by atoms with E-state index >= 15 is 0 Å². The second kappa shape index (κ2) is 8.71. The number of amides is 1. The van der Waals surface area contributed by atoms with E-state index in [1.54, 1.807) is 30.3 Å². The average molecular weight is 399 g/mol. The molecular formula is C22H26N2O3S. The fourth-order valence-electron chi connectivity index (χ4n) is 3.47. The van der Waals surface area contributed by atoms with Crippen LogP contribution >= 0.6 is 0 Å². The fourth-order valence-corrected chi connectivity index (χ4v) is 4.93. The Balaban J connectivity index is 1.65. The number of benzene rings is 2. The van der Waals surface area contributed by atoms with Crippen LogP contribution in [0.15, 0.2) is 53.4 Å². The number of carbonyl (C=O) groups excluding carboxylic acids is 1. The molecule has 3 rings (SSSR count). The molecule has 0 fully saturated rings. The third kappa shape index (κ3) is 4.51. The van der Waals surface area contributed by atoms with Crippen LogP contribution in [0.4, 0.5) is 5.69 Å². The van der Waals surface area contributed by atoms with Gasteiger partial charge in [0, 0.05) is 24.9 Å². The van der Waals surface area contributed by atoms with E-state index in [2.05, 4.69) is 11.4 Å². The molecule has 0 atom stereocenters. The predicted molar refractivity (Wildman–Crippen MR) is 113 cm³/mol. The topological polar surface area (TPSA) is 66.5 Å². The first-order chi connectivity index (χ1) is 13.4. The Labute approximate surface area is 167 Å². The summed E-state index contributed by atoms with van der Waals surface area (Å²) in [5.41, 5.74) is 4.25. The van der Waals surface area contributed by atoms with Crippen LogP contribution in [0.2, 0.25) is 0 Å². The molecule has 0 heterocycles. The summed E-state index contributed by atoms with van der Waals surface area (Å²) < 4.78 is 26.4. The predicted octanol–water partition coefficient (Wildman–Crippen LogP) is 3.86. The lowest BCUT2D eigenvalue weighted by Gasteiger charge is -2.18. The molecule has 1 aliphatic carbocycles. The Morgan fingerprint density at radius 3 is 2.39 bits per heavy atom. The highest BCUT2D eigenvalue weighted by molar-refractivity contribution is 7.89. The standard InChI is InChI=1S/C22H26N2O3S/c1-3-24(4-2)28(26,27)21-13-8-17(9-14-21)10-15-22(25)23-20-12-11-18-6-5-7-19(18)16-20/h8-16H,3-7H2,1-2H3,(H,23,25). The number of hydrogen-bond acceptors (Lipinski definition) is 3. The van der Waals surface area contributed by atoms with Crippen LogP contribution in [0.25, 0.3) is 6.08 Å². The van der Waals surface area contributed by atoms with Gasteiger partial charge in [0.1, 0.15) is 0 Å². The van der Waals surface area contributed by atoms with Gasteiger partial charge in [0.15, 0.2) is 0 Å². The maximum absolute atomic E-state index is 12.5. The number of fused-ring (bicyclic) bond motifs is 1. The van der Waals surface area contributed by atoms with Gasteiger partial charge in [0.2, 0.25) is 15.9 Å². The SMILES string of the molecule is CCN(CC)S(=O)(=O)c1ccc(C=CC(=O)Nc2ccc3c(c2)CCC3)cc1. The molecule has 5 nitrogen and oxygen atoms in total. The molecule has 0 unspecified atom stereocenters. The van der Waals surface area contributed by atoms with E-state index in [9.17, 15) is 13.2 Å². The highest BCUT2D eigenvalue weighted by Crippen LogP contribution is 2.25. The molecule has 0 saturated heterocycles. The molecule has 0 spiro atoms. The maximum Gasteiger partial charge on any atom is 0.248 e. The molecular weight excluding hydrogens is 372 g/mol. The second-order valence-corrected chi connectivity index (χ2v) is 8.76. The minimum Gasteiger partial charge on any atom is -0.323 e. The Bertz CT molecular complexity index is 975. The van der Waals surface area contributed by atoms with Gasteiger partial charge in [-0.15, -0.1) is 0 Å². The minimum atomic E-state index is -3.47. The van der Waals surface area contributed by atoms with Crippen molar-refractivity contribution in [3.63, 3.8) is 0 Å². The number of carbonyl (C=O) groups is 1. The summed E-state index contributed by atoms with van der Waals surface area (Å²) in [6, 6.07) is 12.6. The normalized spacial score (nSPS) is 13.8. The number of rotatable bonds is 7. The van der Waals surface area contributed by atoms with Gasteiger partial charge in [-0.1, -0.05) is 32.0 Å². The van der Waals surface area contributed by atoms with Crippen molar-refractivity contribution in [2.45, 2.75) is 38.0 Å². The number of aryl methyl sites for hydroxylation is 2. The van der Waals surface area contributed by atoms with Crippen LogP contribution < -0.4 is 5.32 Å². The monoisotopic (exact) mass is 398 g/mol. The number of hydrogen-bond donors (Lipinski definition) is 1. The number of sulfonamides is 1. The molecule has 2 aromatic rings. The van der Waals surface area contributed by atoms with Crippen molar-refractivity contribution in [1.82, 2.24) is 4.31 Å². The Kier molecular flexibility index (Phi) is 6.31. The molecule has 2 aromatic carbocycles. The van der Waals surface area contributed by atoms with Crippen molar-refractivity contribution < 1.29 is 13.2 Å². The van der Waals surface area contributed by atoms with Crippen molar-refractivity contribution in [2.75, 3.05) is 18.4 Å². The van der Waals surface area contributed by atoms with Gasteiger partial charge in [-0.3, -0.25) is 4.79 Å². The lowest BCUT2D eigenvalue weighted by Crippen LogP contribution is -2.30. The zero-order chi connectivity index (χ0) is 20.1. The van der Waals surface area contributed by atoms with Crippen molar-refractivity contribution >= 4 is 27.7 Å². The highest BCUT2D eigenvalue weighted by atomic mass is 32.2. The summed E-state index contributed by atoms with van der Waals surface area (Å²) in [4.78, 5) is 12.4. The number of nitrogens with zero attached hydrogens (tertiary/aromatic N) is 1. The van der Waals surface area contributed by atoms with Gasteiger partial charge in [-0.25, -0.2) is 8.42 Å². The molecule has 148 valence electrons. The maximum atomic E-state index is 12.5. The van der Waals surface area contributed by atoms with Crippen LogP contribution in [-0.2, 0) is 27.7 Å². The van der Waals surface area contributed by atoms with Gasteiger partial charge in [0.05, 0.1) is 4.90 Å². The molecule has 0 bridgehead atoms. The summed E-state index contributed by atoms with van der Waals surface area (Å²) >= 11 is 0. The molecule has 6 heteroatoms. The highest BCUT2D eigenvalue weighted by Gasteiger charge is 2.20. The zero-order valence-electron chi connectivity index (χ0n) is 16.3. The van der Waals surface area contributed by atoms with E-state index in [1.165, 1.54) is 27.9 Å². The van der Waals surface area contributed by atoms with Crippen LogP contribution in [0.5, 0.6) is 0 Å². The molecule has 1 aliphatic rings. The fraction of sp³-hybridized carbons (Fsp3) is 0.318. The Morgan fingerprint density at radius 2 is 1.71 bits per heavy atom. The molecule has 1 amide bonds. The Hall–Kier alpha value is -2.44. The first-order valence-electron chi connectivity index (χ1n) is 9.65. The van der Waals surface area contributed by atoms with E-state index in [1.807, 2.05) is 26.0 Å². The summed E-state index contributed by atoms with van der Waals surface area (Å²) in [6.45, 7) is 4.50. The molecule has 0 radical (unpaired) electrons. The van der Waals surface area contributed by atoms with Crippen molar-refractivity contribution in [3.05, 3.63) is 65.2 Å². The largest absolute Gasteiger partial charge is 0.323 e. The third-order valence-electron chi connectivity index (χ3n) is 5.02. The van der Waals surface area contributed by atoms with Gasteiger partial charge in [-0.05, 0) is 66.3 Å². The number of nitrogens with one attached hydrogen (secondary N) is 1. The van der Waals surface area contributed by atoms with Crippen LogP contribution in [0.3, 0.4) is 0 Å². The van der Waals surface area contributed by atoms with Crippen LogP contribution in [0, 0.1) is 0 Å². The number of anilines is 1. The van der Waals surface area contributed by atoms with E-state index in [-0.39, 0.29) is 10.8 Å². The summed E-state index contributed by atoms with van der Waals surface area (Å²) in [7, 11) is -3.47. The first kappa shape index (κ1) is 20.3. The molecule has 0 aliphatic heterocycles. The van der Waals surface area contributed by atoms with Crippen molar-refractivity contribution in [2.24, 2.45) is 0 Å². The van der Waals surface area contributed by atoms with Gasteiger partial charge in [-0.2, -0.15) is 4.31 Å². The Morgan fingerprint density at radius 1 is 1.04 bits per heavy atom. The molecule has 28 heavy (non-hydrogen) atoms. The lowest BCUT2D eigenvalue weighted by molar-refractivity contribution is -0.111. The third-order valence-corrected chi connectivity index (χ3v) is 7.08. The van der Waals surface area contributed by atoms with Crippen molar-refractivity contribution in [1.29, 1.82) is 0 Å². The average Bonchev–Trinajstić information content (AvgIpc) is 3.15. The first-order valence-corrected chi connectivity index (χ1v) is 11.1. The van der Waals surface area contributed by atoms with Gasteiger partial charge < -0.3 is 5.32 Å². The van der Waals surface area contributed by atoms with Crippen LogP contribution in [-0.4, -0.2) is 31.7 Å². The quantitative estimate of drug-likeness (QED) is 0.720. The van der Waals surface area contributed by atoms with E-state index < -0.39 is 10.0 Å². The van der Waals surface area contributed by atoms with Gasteiger partial charge >= 0.3 is 0 Å². The molecule has 0 saturated carbocycles. The van der Waals surface area contributed by atoms with E-state index in [0.29, 0.717) is 13.1 Å². The zero-order valence-corrected chi connectivity index (χ0v) is 17.1. The molecule has 1 N–H and O–H groups in total. The van der Waals surface area contributed by atoms with E-state index in [4.69, 9.17) is 0 Å². The molecule has 0 aromatic heterocycles. The van der Waals surface area contributed by atoms with Crippen LogP contribution in [0.1, 0.15) is 37.0 Å². The van der Waals surface area contributed by atoms with Gasteiger partial charge in [0.25, 0.3) is 0 Å².